The van der Waals surface area contributed by atoms with E-state index >= 15 is 0 Å². The summed E-state index contributed by atoms with van der Waals surface area (Å²) in [7, 11) is 0. The second kappa shape index (κ2) is 6.37. The van der Waals surface area contributed by atoms with E-state index in [0.29, 0.717) is 38.5 Å². The summed E-state index contributed by atoms with van der Waals surface area (Å²) in [5.41, 5.74) is 0. The highest BCUT2D eigenvalue weighted by molar-refractivity contribution is 5.79. The van der Waals surface area contributed by atoms with E-state index in [0.717, 1.165) is 19.5 Å². The maximum Gasteiger partial charge on any atom is 0.225 e. The molecule has 0 radical (unpaired) electrons. The van der Waals surface area contributed by atoms with Gasteiger partial charge in [-0.1, -0.05) is 13.8 Å². The number of piperazine rings is 1. The Morgan fingerprint density at radius 3 is 2.32 bits per heavy atom. The van der Waals surface area contributed by atoms with E-state index in [4.69, 9.17) is 0 Å². The van der Waals surface area contributed by atoms with E-state index in [1.807, 2.05) is 23.6 Å². The van der Waals surface area contributed by atoms with E-state index in [1.165, 1.54) is 0 Å². The maximum atomic E-state index is 12.2. The molecule has 2 amide bonds. The third kappa shape index (κ3) is 3.69. The lowest BCUT2D eigenvalue weighted by molar-refractivity contribution is -0.141. The van der Waals surface area contributed by atoms with E-state index in [1.54, 1.807) is 0 Å². The Labute approximate surface area is 115 Å². The van der Waals surface area contributed by atoms with Crippen LogP contribution in [0.1, 0.15) is 26.7 Å². The van der Waals surface area contributed by atoms with Crippen LogP contribution < -0.4 is 5.32 Å². The van der Waals surface area contributed by atoms with Crippen molar-refractivity contribution >= 4 is 11.8 Å². The number of nitrogens with one attached hydrogen (secondary N) is 1. The second-order valence-corrected chi connectivity index (χ2v) is 5.92. The lowest BCUT2D eigenvalue weighted by Gasteiger charge is -2.36. The van der Waals surface area contributed by atoms with Crippen LogP contribution in [0, 0.1) is 11.8 Å². The molecule has 2 heterocycles. The van der Waals surface area contributed by atoms with Crippen molar-refractivity contribution < 1.29 is 9.59 Å². The SMILES string of the molecule is CC(C)C(=O)N1CCN(C(=O)CC2CCNC2)CC1. The van der Waals surface area contributed by atoms with Gasteiger partial charge >= 0.3 is 0 Å². The van der Waals surface area contributed by atoms with Gasteiger partial charge in [0.25, 0.3) is 0 Å². The summed E-state index contributed by atoms with van der Waals surface area (Å²) in [6.45, 7) is 8.61. The fraction of sp³-hybridized carbons (Fsp3) is 0.857. The van der Waals surface area contributed by atoms with Gasteiger partial charge in [-0.2, -0.15) is 0 Å². The van der Waals surface area contributed by atoms with Crippen molar-refractivity contribution in [2.75, 3.05) is 39.3 Å². The highest BCUT2D eigenvalue weighted by atomic mass is 16.2. The highest BCUT2D eigenvalue weighted by Crippen LogP contribution is 2.15. The molecule has 0 aromatic rings. The van der Waals surface area contributed by atoms with Gasteiger partial charge in [-0.05, 0) is 25.4 Å². The van der Waals surface area contributed by atoms with Crippen LogP contribution in [0.2, 0.25) is 0 Å². The molecule has 0 saturated carbocycles. The fourth-order valence-electron chi connectivity index (χ4n) is 2.81. The van der Waals surface area contributed by atoms with Crippen LogP contribution in [-0.4, -0.2) is 60.9 Å². The minimum Gasteiger partial charge on any atom is -0.339 e. The van der Waals surface area contributed by atoms with Gasteiger partial charge in [-0.25, -0.2) is 0 Å². The summed E-state index contributed by atoms with van der Waals surface area (Å²) in [6.07, 6.45) is 1.77. The molecule has 0 spiro atoms. The van der Waals surface area contributed by atoms with E-state index < -0.39 is 0 Å². The molecule has 5 heteroatoms. The Kier molecular flexibility index (Phi) is 4.80. The summed E-state index contributed by atoms with van der Waals surface area (Å²) in [5.74, 6) is 1.01. The predicted octanol–water partition coefficient (Wildman–Crippen LogP) is 0.313. The number of carbonyl (C=O) groups excluding carboxylic acids is 2. The summed E-state index contributed by atoms with van der Waals surface area (Å²) < 4.78 is 0. The zero-order chi connectivity index (χ0) is 13.8. The average molecular weight is 267 g/mol. The smallest absolute Gasteiger partial charge is 0.225 e. The zero-order valence-corrected chi connectivity index (χ0v) is 12.0. The van der Waals surface area contributed by atoms with Gasteiger partial charge in [0.2, 0.25) is 11.8 Å². The third-order valence-corrected chi connectivity index (χ3v) is 4.06. The molecule has 0 aliphatic carbocycles. The number of hydrogen-bond donors (Lipinski definition) is 1. The van der Waals surface area contributed by atoms with Crippen molar-refractivity contribution in [3.63, 3.8) is 0 Å². The van der Waals surface area contributed by atoms with Crippen LogP contribution in [-0.2, 0) is 9.59 Å². The fourth-order valence-corrected chi connectivity index (χ4v) is 2.81. The second-order valence-electron chi connectivity index (χ2n) is 5.92. The largest absolute Gasteiger partial charge is 0.339 e. The first-order chi connectivity index (χ1) is 9.08. The van der Waals surface area contributed by atoms with Crippen molar-refractivity contribution in [2.24, 2.45) is 11.8 Å². The van der Waals surface area contributed by atoms with Crippen molar-refractivity contribution in [3.8, 4) is 0 Å². The van der Waals surface area contributed by atoms with Crippen LogP contribution in [0.25, 0.3) is 0 Å². The lowest BCUT2D eigenvalue weighted by Crippen LogP contribution is -2.51. The van der Waals surface area contributed by atoms with Gasteiger partial charge in [0.1, 0.15) is 0 Å². The van der Waals surface area contributed by atoms with E-state index in [2.05, 4.69) is 5.32 Å². The summed E-state index contributed by atoms with van der Waals surface area (Å²) in [5, 5.41) is 3.29. The first-order valence-electron chi connectivity index (χ1n) is 7.35. The van der Waals surface area contributed by atoms with Gasteiger partial charge in [0, 0.05) is 38.5 Å². The van der Waals surface area contributed by atoms with Gasteiger partial charge in [0.15, 0.2) is 0 Å². The molecule has 0 bridgehead atoms. The quantitative estimate of drug-likeness (QED) is 0.801. The number of amides is 2. The zero-order valence-electron chi connectivity index (χ0n) is 12.0. The van der Waals surface area contributed by atoms with Crippen LogP contribution in [0.5, 0.6) is 0 Å². The molecule has 2 fully saturated rings. The Bertz CT molecular complexity index is 330. The molecule has 1 atom stereocenters. The minimum absolute atomic E-state index is 0.0480. The Morgan fingerprint density at radius 1 is 1.16 bits per heavy atom. The molecule has 2 aliphatic rings. The molecule has 0 aromatic heterocycles. The monoisotopic (exact) mass is 267 g/mol. The van der Waals surface area contributed by atoms with Gasteiger partial charge < -0.3 is 15.1 Å². The van der Waals surface area contributed by atoms with Crippen molar-refractivity contribution in [3.05, 3.63) is 0 Å². The first kappa shape index (κ1) is 14.3. The molecule has 5 nitrogen and oxygen atoms in total. The van der Waals surface area contributed by atoms with Crippen LogP contribution in [0.15, 0.2) is 0 Å². The van der Waals surface area contributed by atoms with E-state index in [9.17, 15) is 9.59 Å². The summed E-state index contributed by atoms with van der Waals surface area (Å²) in [6, 6.07) is 0. The molecular weight excluding hydrogens is 242 g/mol. The molecule has 2 rings (SSSR count). The molecule has 1 N–H and O–H groups in total. The average Bonchev–Trinajstić information content (AvgIpc) is 2.90. The molecular formula is C14H25N3O2. The highest BCUT2D eigenvalue weighted by Gasteiger charge is 2.27. The van der Waals surface area contributed by atoms with Crippen LogP contribution in [0.4, 0.5) is 0 Å². The van der Waals surface area contributed by atoms with E-state index in [-0.39, 0.29) is 17.7 Å². The first-order valence-corrected chi connectivity index (χ1v) is 7.35. The van der Waals surface area contributed by atoms with Gasteiger partial charge in [0.05, 0.1) is 0 Å². The van der Waals surface area contributed by atoms with Gasteiger partial charge in [-0.3, -0.25) is 9.59 Å². The summed E-state index contributed by atoms with van der Waals surface area (Å²) in [4.78, 5) is 27.8. The Hall–Kier alpha value is -1.10. The molecule has 1 unspecified atom stereocenters. The van der Waals surface area contributed by atoms with Crippen molar-refractivity contribution in [1.29, 1.82) is 0 Å². The van der Waals surface area contributed by atoms with Crippen LogP contribution in [0.3, 0.4) is 0 Å². The van der Waals surface area contributed by atoms with Crippen LogP contribution >= 0.6 is 0 Å². The lowest BCUT2D eigenvalue weighted by atomic mass is 10.0. The molecule has 2 aliphatic heterocycles. The number of nitrogens with zero attached hydrogens (tertiary/aromatic N) is 2. The van der Waals surface area contributed by atoms with Gasteiger partial charge in [-0.15, -0.1) is 0 Å². The summed E-state index contributed by atoms with van der Waals surface area (Å²) >= 11 is 0. The maximum absolute atomic E-state index is 12.2. The Morgan fingerprint density at radius 2 is 1.79 bits per heavy atom. The van der Waals surface area contributed by atoms with Crippen molar-refractivity contribution in [1.82, 2.24) is 15.1 Å². The molecule has 19 heavy (non-hydrogen) atoms. The standard InChI is InChI=1S/C14H25N3O2/c1-11(2)14(19)17-7-5-16(6-8-17)13(18)9-12-3-4-15-10-12/h11-12,15H,3-10H2,1-2H3. The molecule has 2 saturated heterocycles. The van der Waals surface area contributed by atoms with Crippen molar-refractivity contribution in [2.45, 2.75) is 26.7 Å². The number of rotatable bonds is 3. The normalized spacial score (nSPS) is 24.1. The number of hydrogen-bond acceptors (Lipinski definition) is 3. The third-order valence-electron chi connectivity index (χ3n) is 4.06. The topological polar surface area (TPSA) is 52.7 Å². The molecule has 0 aromatic carbocycles. The molecule has 108 valence electrons. The Balaban J connectivity index is 1.76. The number of carbonyl (C=O) groups is 2. The minimum atomic E-state index is 0.0480. The predicted molar refractivity (Wildman–Crippen MR) is 73.6 cm³/mol.